The quantitative estimate of drug-likeness (QED) is 0.0531. The maximum Gasteiger partial charge on any atom is 0.408 e. The summed E-state index contributed by atoms with van der Waals surface area (Å²) in [7, 11) is 0. The van der Waals surface area contributed by atoms with Crippen molar-refractivity contribution in [3.05, 3.63) is 144 Å². The first-order chi connectivity index (χ1) is 27.3. The number of primary amides is 1. The molecule has 0 unspecified atom stereocenters. The van der Waals surface area contributed by atoms with Crippen molar-refractivity contribution in [1.29, 1.82) is 0 Å². The number of ether oxygens (including phenoxy) is 1. The molecule has 5 amide bonds. The molecule has 0 bridgehead atoms. The van der Waals surface area contributed by atoms with E-state index in [2.05, 4.69) is 41.4 Å². The fourth-order valence-corrected chi connectivity index (χ4v) is 6.79. The average Bonchev–Trinajstić information content (AvgIpc) is 3.94. The maximum atomic E-state index is 14.4. The van der Waals surface area contributed by atoms with E-state index in [0.717, 1.165) is 55.0 Å². The van der Waals surface area contributed by atoms with E-state index in [1.807, 2.05) is 109 Å². The van der Waals surface area contributed by atoms with Crippen LogP contribution >= 0.6 is 0 Å². The fourth-order valence-electron chi connectivity index (χ4n) is 6.79. The Morgan fingerprint density at radius 2 is 1.07 bits per heavy atom. The zero-order chi connectivity index (χ0) is 38.9. The Balaban J connectivity index is 1.16. The molecule has 284 valence electrons. The standard InChI is InChI=1S/C42H41N9O5/c43-41(54)51-47-24-30(18-27-21-44-34-15-7-4-12-31(27)34)48-39(52)37(19-28-22-45-35-16-8-5-13-32(28)35)49-40(53)38(20-29-23-46-36-17-9-6-14-33(29)36)50-42(55)56-25-26-10-2-1-3-11-26/h1-17,21-24,30,37-38,44-46H,18-20,25H2,(H,48,52)(H,49,53)(H,50,55)(H3,43,51,54)/b47-24+/t30-,37-,38-/m0/s1. The van der Waals surface area contributed by atoms with E-state index in [1.54, 1.807) is 12.4 Å². The number of hydrogen-bond acceptors (Lipinski definition) is 6. The molecule has 56 heavy (non-hydrogen) atoms. The Labute approximate surface area is 321 Å². The molecule has 0 radical (unpaired) electrons. The lowest BCUT2D eigenvalue weighted by atomic mass is 10.0. The molecule has 3 heterocycles. The van der Waals surface area contributed by atoms with Crippen LogP contribution in [0.15, 0.2) is 127 Å². The largest absolute Gasteiger partial charge is 0.445 e. The van der Waals surface area contributed by atoms with Crippen LogP contribution in [0.1, 0.15) is 22.3 Å². The molecular formula is C42H41N9O5. The van der Waals surface area contributed by atoms with Crippen molar-refractivity contribution in [3.63, 3.8) is 0 Å². The Morgan fingerprint density at radius 3 is 1.61 bits per heavy atom. The summed E-state index contributed by atoms with van der Waals surface area (Å²) >= 11 is 0. The number of nitrogens with one attached hydrogen (secondary N) is 7. The highest BCUT2D eigenvalue weighted by Gasteiger charge is 2.30. The molecule has 0 aliphatic carbocycles. The minimum atomic E-state index is -1.13. The number of amides is 5. The number of aromatic amines is 3. The van der Waals surface area contributed by atoms with Crippen molar-refractivity contribution in [2.45, 2.75) is 44.0 Å². The zero-order valence-electron chi connectivity index (χ0n) is 30.3. The van der Waals surface area contributed by atoms with Gasteiger partial charge in [0, 0.05) is 70.4 Å². The van der Waals surface area contributed by atoms with Gasteiger partial charge in [0.15, 0.2) is 0 Å². The van der Waals surface area contributed by atoms with Crippen LogP contribution in [0.5, 0.6) is 0 Å². The van der Waals surface area contributed by atoms with Gasteiger partial charge in [0.1, 0.15) is 18.7 Å². The minimum Gasteiger partial charge on any atom is -0.445 e. The van der Waals surface area contributed by atoms with Gasteiger partial charge in [0.05, 0.1) is 6.04 Å². The number of para-hydroxylation sites is 3. The van der Waals surface area contributed by atoms with Gasteiger partial charge in [-0.2, -0.15) is 5.10 Å². The number of aromatic nitrogens is 3. The van der Waals surface area contributed by atoms with E-state index >= 15 is 0 Å². The number of nitrogens with two attached hydrogens (primary N) is 1. The lowest BCUT2D eigenvalue weighted by molar-refractivity contribution is -0.130. The van der Waals surface area contributed by atoms with E-state index in [9.17, 15) is 19.2 Å². The first-order valence-corrected chi connectivity index (χ1v) is 18.1. The SMILES string of the molecule is NC(=O)N/N=C/[C@H](Cc1c[nH]c2ccccc12)NC(=O)[C@H](Cc1c[nH]c2ccccc12)NC(=O)[C@H](Cc1c[nH]c2ccccc12)NC(=O)OCc1ccccc1. The molecule has 4 aromatic carbocycles. The molecule has 0 aliphatic heterocycles. The normalized spacial score (nSPS) is 13.0. The van der Waals surface area contributed by atoms with E-state index in [4.69, 9.17) is 10.5 Å². The van der Waals surface area contributed by atoms with Crippen molar-refractivity contribution in [3.8, 4) is 0 Å². The van der Waals surface area contributed by atoms with Gasteiger partial charge in [-0.05, 0) is 46.9 Å². The molecule has 3 aromatic heterocycles. The molecule has 7 aromatic rings. The van der Waals surface area contributed by atoms with Crippen molar-refractivity contribution in [2.24, 2.45) is 10.8 Å². The van der Waals surface area contributed by atoms with Crippen LogP contribution < -0.4 is 27.1 Å². The average molecular weight is 752 g/mol. The molecule has 0 saturated heterocycles. The predicted octanol–water partition coefficient (Wildman–Crippen LogP) is 5.08. The molecule has 14 heteroatoms. The van der Waals surface area contributed by atoms with E-state index in [-0.39, 0.29) is 19.4 Å². The van der Waals surface area contributed by atoms with Crippen molar-refractivity contribution in [2.75, 3.05) is 0 Å². The summed E-state index contributed by atoms with van der Waals surface area (Å²) in [4.78, 5) is 63.2. The monoisotopic (exact) mass is 751 g/mol. The van der Waals surface area contributed by atoms with Gasteiger partial charge < -0.3 is 41.4 Å². The van der Waals surface area contributed by atoms with Crippen molar-refractivity contribution >= 4 is 62.9 Å². The number of nitrogens with zero attached hydrogens (tertiary/aromatic N) is 1. The molecule has 0 aliphatic rings. The smallest absolute Gasteiger partial charge is 0.408 e. The third-order valence-corrected chi connectivity index (χ3v) is 9.52. The first-order valence-electron chi connectivity index (χ1n) is 18.1. The second-order valence-electron chi connectivity index (χ2n) is 13.4. The Morgan fingerprint density at radius 1 is 0.607 bits per heavy atom. The van der Waals surface area contributed by atoms with Crippen LogP contribution in [0.4, 0.5) is 9.59 Å². The van der Waals surface area contributed by atoms with E-state index in [1.165, 1.54) is 6.21 Å². The van der Waals surface area contributed by atoms with Gasteiger partial charge in [-0.1, -0.05) is 84.9 Å². The molecule has 0 fully saturated rings. The number of carbonyl (C=O) groups is 4. The molecule has 14 nitrogen and oxygen atoms in total. The lowest BCUT2D eigenvalue weighted by Gasteiger charge is -2.24. The summed E-state index contributed by atoms with van der Waals surface area (Å²) in [6, 6.07) is 28.4. The highest BCUT2D eigenvalue weighted by atomic mass is 16.5. The number of carbonyl (C=O) groups excluding carboxylic acids is 4. The van der Waals surface area contributed by atoms with Crippen LogP contribution in [0.3, 0.4) is 0 Å². The molecule has 7 rings (SSSR count). The summed E-state index contributed by atoms with van der Waals surface area (Å²) in [6.45, 7) is 0.00364. The van der Waals surface area contributed by atoms with Gasteiger partial charge in [-0.3, -0.25) is 9.59 Å². The lowest BCUT2D eigenvalue weighted by Crippen LogP contribution is -2.56. The second kappa shape index (κ2) is 17.2. The number of benzene rings is 4. The van der Waals surface area contributed by atoms with Gasteiger partial charge in [-0.15, -0.1) is 0 Å². The van der Waals surface area contributed by atoms with Crippen LogP contribution in [0.25, 0.3) is 32.7 Å². The Hall–Kier alpha value is -7.35. The van der Waals surface area contributed by atoms with Gasteiger partial charge >= 0.3 is 12.1 Å². The number of H-pyrrole nitrogens is 3. The highest BCUT2D eigenvalue weighted by molar-refractivity contribution is 5.94. The Kier molecular flexibility index (Phi) is 11.4. The van der Waals surface area contributed by atoms with Crippen LogP contribution in [0.2, 0.25) is 0 Å². The number of alkyl carbamates (subject to hydrolysis) is 1. The number of urea groups is 1. The molecular weight excluding hydrogens is 711 g/mol. The number of fused-ring (bicyclic) bond motifs is 3. The Bertz CT molecular complexity index is 2500. The fraction of sp³-hybridized carbons (Fsp3) is 0.167. The third kappa shape index (κ3) is 9.05. The van der Waals surface area contributed by atoms with E-state index < -0.39 is 42.1 Å². The van der Waals surface area contributed by atoms with Gasteiger partial charge in [-0.25, -0.2) is 15.0 Å². The highest BCUT2D eigenvalue weighted by Crippen LogP contribution is 2.22. The number of hydrazone groups is 1. The first kappa shape index (κ1) is 37.0. The molecule has 0 saturated carbocycles. The number of rotatable bonds is 15. The minimum absolute atomic E-state index is 0.00364. The summed E-state index contributed by atoms with van der Waals surface area (Å²) in [5.74, 6) is -1.11. The van der Waals surface area contributed by atoms with Crippen molar-refractivity contribution in [1.82, 2.24) is 36.3 Å². The topological polar surface area (TPSA) is 211 Å². The van der Waals surface area contributed by atoms with Crippen LogP contribution in [0, 0.1) is 0 Å². The summed E-state index contributed by atoms with van der Waals surface area (Å²) in [5, 5.41) is 15.4. The third-order valence-electron chi connectivity index (χ3n) is 9.52. The molecule has 0 spiro atoms. The summed E-state index contributed by atoms with van der Waals surface area (Å²) < 4.78 is 5.51. The molecule has 3 atom stereocenters. The predicted molar refractivity (Wildman–Crippen MR) is 215 cm³/mol. The van der Waals surface area contributed by atoms with Crippen LogP contribution in [-0.4, -0.2) is 63.2 Å². The summed E-state index contributed by atoms with van der Waals surface area (Å²) in [5.41, 5.74) is 13.4. The van der Waals surface area contributed by atoms with E-state index in [0.29, 0.717) is 6.42 Å². The molecule has 9 N–H and O–H groups in total. The maximum absolute atomic E-state index is 14.4. The summed E-state index contributed by atoms with van der Waals surface area (Å²) in [6.07, 6.45) is 6.56. The van der Waals surface area contributed by atoms with Gasteiger partial charge in [0.25, 0.3) is 0 Å². The number of hydrogen-bond donors (Lipinski definition) is 8. The zero-order valence-corrected chi connectivity index (χ0v) is 30.3. The van der Waals surface area contributed by atoms with Crippen molar-refractivity contribution < 1.29 is 23.9 Å². The van der Waals surface area contributed by atoms with Crippen LogP contribution in [-0.2, 0) is 40.2 Å². The second-order valence-corrected chi connectivity index (χ2v) is 13.4. The van der Waals surface area contributed by atoms with Gasteiger partial charge in [0.2, 0.25) is 11.8 Å².